The molecule has 22 heavy (non-hydrogen) atoms. The highest BCUT2D eigenvalue weighted by Crippen LogP contribution is 2.54. The molecule has 0 spiro atoms. The minimum Gasteiger partial charge on any atom is -0.481 e. The van der Waals surface area contributed by atoms with Crippen LogP contribution in [0.1, 0.15) is 24.6 Å². The van der Waals surface area contributed by atoms with E-state index < -0.39 is 11.4 Å². The first-order valence-corrected chi connectivity index (χ1v) is 7.52. The third-order valence-corrected chi connectivity index (χ3v) is 4.36. The van der Waals surface area contributed by atoms with Crippen LogP contribution in [-0.2, 0) is 16.8 Å². The van der Waals surface area contributed by atoms with Crippen molar-refractivity contribution in [2.45, 2.75) is 32.2 Å². The summed E-state index contributed by atoms with van der Waals surface area (Å²) in [4.78, 5) is 11.4. The molecule has 1 aliphatic rings. The highest BCUT2D eigenvalue weighted by molar-refractivity contribution is 5.77. The van der Waals surface area contributed by atoms with Crippen LogP contribution in [0.25, 0.3) is 0 Å². The van der Waals surface area contributed by atoms with Gasteiger partial charge >= 0.3 is 5.97 Å². The maximum absolute atomic E-state index is 11.4. The van der Waals surface area contributed by atoms with Crippen molar-refractivity contribution in [1.29, 1.82) is 0 Å². The number of carbonyl (C=O) groups is 1. The quantitative estimate of drug-likeness (QED) is 0.890. The van der Waals surface area contributed by atoms with Crippen molar-refractivity contribution in [1.82, 2.24) is 9.78 Å². The Bertz CT molecular complexity index is 680. The number of aryl methyl sites for hydroxylation is 2. The van der Waals surface area contributed by atoms with E-state index in [1.165, 1.54) is 0 Å². The molecule has 1 aromatic heterocycles. The first-order chi connectivity index (χ1) is 10.6. The van der Waals surface area contributed by atoms with Crippen LogP contribution in [-0.4, -0.2) is 27.5 Å². The molecule has 0 bridgehead atoms. The summed E-state index contributed by atoms with van der Waals surface area (Å²) in [5.74, 6) is -0.437. The van der Waals surface area contributed by atoms with Crippen LogP contribution in [0, 0.1) is 12.8 Å². The van der Waals surface area contributed by atoms with Crippen LogP contribution in [0.15, 0.2) is 36.4 Å². The minimum atomic E-state index is -0.757. The summed E-state index contributed by atoms with van der Waals surface area (Å²) in [6, 6.07) is 11.7. The third kappa shape index (κ3) is 2.47. The zero-order valence-corrected chi connectivity index (χ0v) is 12.8. The lowest BCUT2D eigenvalue weighted by Crippen LogP contribution is -2.24. The maximum atomic E-state index is 11.4. The fraction of sp³-hybridized carbons (Fsp3) is 0.412. The van der Waals surface area contributed by atoms with Gasteiger partial charge in [-0.25, -0.2) is 4.68 Å². The second-order valence-corrected chi connectivity index (χ2v) is 5.85. The fourth-order valence-electron chi connectivity index (χ4n) is 3.03. The molecular weight excluding hydrogens is 280 g/mol. The number of aliphatic carboxylic acids is 1. The minimum absolute atomic E-state index is 0.360. The summed E-state index contributed by atoms with van der Waals surface area (Å²) in [5, 5.41) is 13.7. The van der Waals surface area contributed by atoms with E-state index in [-0.39, 0.29) is 5.92 Å². The van der Waals surface area contributed by atoms with Crippen LogP contribution in [0.4, 0.5) is 0 Å². The van der Waals surface area contributed by atoms with Crippen molar-refractivity contribution in [3.8, 4) is 5.88 Å². The Hall–Kier alpha value is -2.30. The molecule has 2 aromatic rings. The number of ether oxygens (including phenoxy) is 1. The predicted octanol–water partition coefficient (Wildman–Crippen LogP) is 2.63. The van der Waals surface area contributed by atoms with Gasteiger partial charge in [-0.05, 0) is 25.8 Å². The van der Waals surface area contributed by atoms with E-state index in [0.29, 0.717) is 18.9 Å². The average Bonchev–Trinajstić information content (AvgIpc) is 3.16. The molecule has 1 N–H and O–H groups in total. The van der Waals surface area contributed by atoms with Gasteiger partial charge in [-0.3, -0.25) is 4.79 Å². The molecule has 5 heteroatoms. The number of aromatic nitrogens is 2. The average molecular weight is 300 g/mol. The topological polar surface area (TPSA) is 64.4 Å². The summed E-state index contributed by atoms with van der Waals surface area (Å²) in [7, 11) is 0. The first kappa shape index (κ1) is 14.6. The smallest absolute Gasteiger partial charge is 0.307 e. The van der Waals surface area contributed by atoms with Crippen LogP contribution in [0.2, 0.25) is 0 Å². The van der Waals surface area contributed by atoms with Gasteiger partial charge in [-0.2, -0.15) is 5.10 Å². The number of hydrogen-bond donors (Lipinski definition) is 1. The van der Waals surface area contributed by atoms with Gasteiger partial charge < -0.3 is 9.84 Å². The first-order valence-electron chi connectivity index (χ1n) is 7.52. The second kappa shape index (κ2) is 5.48. The number of hydrogen-bond acceptors (Lipinski definition) is 3. The number of carboxylic acids is 1. The Morgan fingerprint density at radius 3 is 2.77 bits per heavy atom. The summed E-state index contributed by atoms with van der Waals surface area (Å²) >= 11 is 0. The molecule has 0 radical (unpaired) electrons. The van der Waals surface area contributed by atoms with Gasteiger partial charge in [0.1, 0.15) is 6.61 Å². The lowest BCUT2D eigenvalue weighted by molar-refractivity contribution is -0.139. The SMILES string of the molecule is CCn1nc(C)cc1OCC1(c2ccccc2)CC1C(=O)O. The highest BCUT2D eigenvalue weighted by Gasteiger charge is 2.60. The zero-order valence-electron chi connectivity index (χ0n) is 12.8. The largest absolute Gasteiger partial charge is 0.481 e. The van der Waals surface area contributed by atoms with Gasteiger partial charge in [0, 0.05) is 18.0 Å². The molecule has 116 valence electrons. The van der Waals surface area contributed by atoms with E-state index >= 15 is 0 Å². The van der Waals surface area contributed by atoms with E-state index in [2.05, 4.69) is 5.10 Å². The molecule has 2 atom stereocenters. The monoisotopic (exact) mass is 300 g/mol. The molecule has 1 saturated carbocycles. The van der Waals surface area contributed by atoms with Crippen molar-refractivity contribution in [3.05, 3.63) is 47.7 Å². The second-order valence-electron chi connectivity index (χ2n) is 5.85. The van der Waals surface area contributed by atoms with E-state index in [1.54, 1.807) is 4.68 Å². The fourth-order valence-corrected chi connectivity index (χ4v) is 3.03. The Balaban J connectivity index is 1.82. The van der Waals surface area contributed by atoms with Crippen LogP contribution in [0.5, 0.6) is 5.88 Å². The molecule has 0 saturated heterocycles. The van der Waals surface area contributed by atoms with Gasteiger partial charge in [-0.1, -0.05) is 30.3 Å². The van der Waals surface area contributed by atoms with Gasteiger partial charge in [0.05, 0.1) is 11.6 Å². The molecule has 5 nitrogen and oxygen atoms in total. The lowest BCUT2D eigenvalue weighted by Gasteiger charge is -2.18. The predicted molar refractivity (Wildman–Crippen MR) is 82.0 cm³/mol. The van der Waals surface area contributed by atoms with Crippen LogP contribution < -0.4 is 4.74 Å². The van der Waals surface area contributed by atoms with E-state index in [4.69, 9.17) is 4.74 Å². The molecule has 0 aliphatic heterocycles. The van der Waals surface area contributed by atoms with Crippen molar-refractivity contribution < 1.29 is 14.6 Å². The van der Waals surface area contributed by atoms with Crippen molar-refractivity contribution in [3.63, 3.8) is 0 Å². The lowest BCUT2D eigenvalue weighted by atomic mass is 9.94. The summed E-state index contributed by atoms with van der Waals surface area (Å²) in [6.45, 7) is 5.01. The number of carboxylic acid groups (broad SMARTS) is 1. The van der Waals surface area contributed by atoms with Crippen molar-refractivity contribution in [2.24, 2.45) is 5.92 Å². The normalized spacial score (nSPS) is 23.3. The molecule has 0 amide bonds. The van der Waals surface area contributed by atoms with E-state index in [0.717, 1.165) is 17.8 Å². The summed E-state index contributed by atoms with van der Waals surface area (Å²) in [6.07, 6.45) is 0.617. The number of rotatable bonds is 6. The molecule has 1 fully saturated rings. The number of benzene rings is 1. The molecule has 1 heterocycles. The van der Waals surface area contributed by atoms with Gasteiger partial charge in [0.15, 0.2) is 0 Å². The van der Waals surface area contributed by atoms with E-state index in [1.807, 2.05) is 50.2 Å². The molecular formula is C17H20N2O3. The summed E-state index contributed by atoms with van der Waals surface area (Å²) < 4.78 is 7.75. The Morgan fingerprint density at radius 2 is 2.18 bits per heavy atom. The van der Waals surface area contributed by atoms with Crippen molar-refractivity contribution >= 4 is 5.97 Å². The van der Waals surface area contributed by atoms with Crippen molar-refractivity contribution in [2.75, 3.05) is 6.61 Å². The van der Waals surface area contributed by atoms with Gasteiger partial charge in [-0.15, -0.1) is 0 Å². The molecule has 2 unspecified atom stereocenters. The van der Waals surface area contributed by atoms with Crippen LogP contribution in [0.3, 0.4) is 0 Å². The Kier molecular flexibility index (Phi) is 3.64. The molecule has 1 aliphatic carbocycles. The van der Waals surface area contributed by atoms with Gasteiger partial charge in [0.2, 0.25) is 5.88 Å². The molecule has 3 rings (SSSR count). The highest BCUT2D eigenvalue weighted by atomic mass is 16.5. The standard InChI is InChI=1S/C17H20N2O3/c1-3-19-15(9-12(2)18-19)22-11-17(10-14(17)16(20)21)13-7-5-4-6-8-13/h4-9,14H,3,10-11H2,1-2H3,(H,20,21). The van der Waals surface area contributed by atoms with Gasteiger partial charge in [0.25, 0.3) is 0 Å². The Labute approximate surface area is 129 Å². The maximum Gasteiger partial charge on any atom is 0.307 e. The van der Waals surface area contributed by atoms with Crippen LogP contribution >= 0.6 is 0 Å². The molecule has 1 aromatic carbocycles. The summed E-state index contributed by atoms with van der Waals surface area (Å²) in [5.41, 5.74) is 1.50. The zero-order chi connectivity index (χ0) is 15.7. The number of nitrogens with zero attached hydrogens (tertiary/aromatic N) is 2. The third-order valence-electron chi connectivity index (χ3n) is 4.36. The Morgan fingerprint density at radius 1 is 1.45 bits per heavy atom. The van der Waals surface area contributed by atoms with E-state index in [9.17, 15) is 9.90 Å².